The van der Waals surface area contributed by atoms with E-state index in [2.05, 4.69) is 0 Å². The minimum Gasteiger partial charge on any atom is -0.489 e. The molecule has 0 aliphatic rings. The first-order chi connectivity index (χ1) is 11.6. The Morgan fingerprint density at radius 1 is 1.08 bits per heavy atom. The molecule has 0 heterocycles. The predicted molar refractivity (Wildman–Crippen MR) is 92.9 cm³/mol. The van der Waals surface area contributed by atoms with E-state index < -0.39 is 5.97 Å². The maximum Gasteiger partial charge on any atom is 0.330 e. The fraction of sp³-hybridized carbons (Fsp3) is 0.200. The molecule has 0 amide bonds. The smallest absolute Gasteiger partial charge is 0.330 e. The molecule has 0 unspecified atom stereocenters. The summed E-state index contributed by atoms with van der Waals surface area (Å²) in [5, 5.41) is 0. The number of rotatable bonds is 7. The Hall–Kier alpha value is -2.88. The lowest BCUT2D eigenvalue weighted by Gasteiger charge is -2.09. The Bertz CT molecular complexity index is 733. The van der Waals surface area contributed by atoms with Gasteiger partial charge in [0.05, 0.1) is 6.61 Å². The van der Waals surface area contributed by atoms with E-state index in [1.54, 1.807) is 31.2 Å². The number of carbonyl (C=O) groups is 2. The highest BCUT2D eigenvalue weighted by Crippen LogP contribution is 2.21. The van der Waals surface area contributed by atoms with Crippen molar-refractivity contribution >= 4 is 17.8 Å². The summed E-state index contributed by atoms with van der Waals surface area (Å²) in [6.45, 7) is 3.97. The summed E-state index contributed by atoms with van der Waals surface area (Å²) < 4.78 is 10.6. The van der Waals surface area contributed by atoms with E-state index in [0.29, 0.717) is 30.1 Å². The molecule has 0 atom stereocenters. The summed E-state index contributed by atoms with van der Waals surface area (Å²) >= 11 is 0. The van der Waals surface area contributed by atoms with Gasteiger partial charge in [0, 0.05) is 11.6 Å². The van der Waals surface area contributed by atoms with Crippen molar-refractivity contribution in [3.8, 4) is 5.75 Å². The van der Waals surface area contributed by atoms with E-state index in [9.17, 15) is 9.59 Å². The van der Waals surface area contributed by atoms with Crippen LogP contribution in [-0.2, 0) is 16.1 Å². The van der Waals surface area contributed by atoms with Gasteiger partial charge in [0.1, 0.15) is 12.4 Å². The van der Waals surface area contributed by atoms with Crippen molar-refractivity contribution < 1.29 is 19.1 Å². The first-order valence-electron chi connectivity index (χ1n) is 7.76. The van der Waals surface area contributed by atoms with Crippen LogP contribution in [0.5, 0.6) is 5.75 Å². The fourth-order valence-corrected chi connectivity index (χ4v) is 2.16. The third-order valence-electron chi connectivity index (χ3n) is 3.34. The highest BCUT2D eigenvalue weighted by atomic mass is 16.5. The van der Waals surface area contributed by atoms with Crippen LogP contribution in [0, 0.1) is 0 Å². The van der Waals surface area contributed by atoms with Gasteiger partial charge >= 0.3 is 5.97 Å². The lowest BCUT2D eigenvalue weighted by Crippen LogP contribution is -2.01. The number of carbonyl (C=O) groups excluding carboxylic acids is 2. The van der Waals surface area contributed by atoms with Crippen LogP contribution in [0.1, 0.15) is 35.3 Å². The normalized spacial score (nSPS) is 10.6. The van der Waals surface area contributed by atoms with Gasteiger partial charge in [-0.1, -0.05) is 36.4 Å². The molecule has 0 radical (unpaired) electrons. The van der Waals surface area contributed by atoms with Gasteiger partial charge < -0.3 is 9.47 Å². The van der Waals surface area contributed by atoms with Gasteiger partial charge in [-0.2, -0.15) is 0 Å². The molecule has 124 valence electrons. The number of Topliss-reactive ketones (excluding diaryl/α,β-unsaturated/α-hetero) is 1. The molecule has 0 saturated carbocycles. The number of ether oxygens (including phenoxy) is 2. The van der Waals surface area contributed by atoms with Crippen molar-refractivity contribution in [1.29, 1.82) is 0 Å². The molecule has 4 nitrogen and oxygen atoms in total. The van der Waals surface area contributed by atoms with E-state index >= 15 is 0 Å². The fourth-order valence-electron chi connectivity index (χ4n) is 2.16. The highest BCUT2D eigenvalue weighted by molar-refractivity contribution is 5.99. The Labute approximate surface area is 141 Å². The zero-order chi connectivity index (χ0) is 17.4. The lowest BCUT2D eigenvalue weighted by atomic mass is 10.0. The highest BCUT2D eigenvalue weighted by Gasteiger charge is 2.08. The summed E-state index contributed by atoms with van der Waals surface area (Å²) in [5.41, 5.74) is 2.21. The lowest BCUT2D eigenvalue weighted by molar-refractivity contribution is -0.137. The second-order valence-corrected chi connectivity index (χ2v) is 5.16. The van der Waals surface area contributed by atoms with Gasteiger partial charge in [-0.15, -0.1) is 0 Å². The molecular weight excluding hydrogens is 304 g/mol. The molecule has 0 aliphatic carbocycles. The summed E-state index contributed by atoms with van der Waals surface area (Å²) in [5.74, 6) is 0.0809. The summed E-state index contributed by atoms with van der Waals surface area (Å²) in [6, 6.07) is 15.0. The van der Waals surface area contributed by atoms with Gasteiger partial charge in [0.15, 0.2) is 5.78 Å². The van der Waals surface area contributed by atoms with E-state index in [4.69, 9.17) is 9.47 Å². The standard InChI is InChI=1S/C20H20O4/c1-3-23-20(22)12-10-17-9-11-18(13-19(17)15(2)21)24-14-16-7-5-4-6-8-16/h4-13H,3,14H2,1-2H3/b12-10+. The molecule has 0 aromatic heterocycles. The second-order valence-electron chi connectivity index (χ2n) is 5.16. The Morgan fingerprint density at radius 2 is 1.83 bits per heavy atom. The minimum atomic E-state index is -0.434. The molecule has 4 heteroatoms. The van der Waals surface area contributed by atoms with Crippen LogP contribution in [0.2, 0.25) is 0 Å². The van der Waals surface area contributed by atoms with E-state index in [0.717, 1.165) is 5.56 Å². The van der Waals surface area contributed by atoms with Crippen molar-refractivity contribution in [2.75, 3.05) is 6.61 Å². The maximum atomic E-state index is 11.9. The van der Waals surface area contributed by atoms with Crippen molar-refractivity contribution in [3.05, 3.63) is 71.3 Å². The number of hydrogen-bond acceptors (Lipinski definition) is 4. The summed E-state index contributed by atoms with van der Waals surface area (Å²) in [6.07, 6.45) is 2.89. The molecule has 0 saturated heterocycles. The number of hydrogen-bond donors (Lipinski definition) is 0. The molecule has 0 bridgehead atoms. The number of benzene rings is 2. The first-order valence-corrected chi connectivity index (χ1v) is 7.76. The Morgan fingerprint density at radius 3 is 2.50 bits per heavy atom. The van der Waals surface area contributed by atoms with Crippen LogP contribution >= 0.6 is 0 Å². The van der Waals surface area contributed by atoms with Gasteiger partial charge in [0.25, 0.3) is 0 Å². The third kappa shape index (κ3) is 5.09. The quantitative estimate of drug-likeness (QED) is 0.438. The molecule has 24 heavy (non-hydrogen) atoms. The predicted octanol–water partition coefficient (Wildman–Crippen LogP) is 4.04. The SMILES string of the molecule is CCOC(=O)/C=C/c1ccc(OCc2ccccc2)cc1C(C)=O. The zero-order valence-corrected chi connectivity index (χ0v) is 13.8. The molecular formula is C20H20O4. The molecule has 0 N–H and O–H groups in total. The van der Waals surface area contributed by atoms with Crippen LogP contribution in [-0.4, -0.2) is 18.4 Å². The van der Waals surface area contributed by atoms with Crippen LogP contribution in [0.25, 0.3) is 6.08 Å². The van der Waals surface area contributed by atoms with Gasteiger partial charge in [-0.05, 0) is 43.2 Å². The van der Waals surface area contributed by atoms with E-state index in [1.165, 1.54) is 13.0 Å². The zero-order valence-electron chi connectivity index (χ0n) is 13.8. The van der Waals surface area contributed by atoms with Crippen LogP contribution < -0.4 is 4.74 Å². The van der Waals surface area contributed by atoms with E-state index in [-0.39, 0.29) is 5.78 Å². The van der Waals surface area contributed by atoms with Crippen molar-refractivity contribution in [1.82, 2.24) is 0 Å². The average Bonchev–Trinajstić information content (AvgIpc) is 2.59. The molecule has 2 rings (SSSR count). The number of ketones is 1. The molecule has 0 spiro atoms. The largest absolute Gasteiger partial charge is 0.489 e. The van der Waals surface area contributed by atoms with Crippen LogP contribution in [0.15, 0.2) is 54.6 Å². The van der Waals surface area contributed by atoms with Gasteiger partial charge in [-0.25, -0.2) is 4.79 Å². The van der Waals surface area contributed by atoms with Crippen molar-refractivity contribution in [2.24, 2.45) is 0 Å². The first kappa shape index (κ1) is 17.5. The molecule has 2 aromatic carbocycles. The summed E-state index contributed by atoms with van der Waals surface area (Å²) in [7, 11) is 0. The second kappa shape index (κ2) is 8.67. The molecule has 2 aromatic rings. The van der Waals surface area contributed by atoms with E-state index in [1.807, 2.05) is 30.3 Å². The van der Waals surface area contributed by atoms with Crippen molar-refractivity contribution in [3.63, 3.8) is 0 Å². The number of esters is 1. The Balaban J connectivity index is 2.14. The van der Waals surface area contributed by atoms with Gasteiger partial charge in [0.2, 0.25) is 0 Å². The van der Waals surface area contributed by atoms with Crippen molar-refractivity contribution in [2.45, 2.75) is 20.5 Å². The van der Waals surface area contributed by atoms with Gasteiger partial charge in [-0.3, -0.25) is 4.79 Å². The Kier molecular flexibility index (Phi) is 6.32. The third-order valence-corrected chi connectivity index (χ3v) is 3.34. The topological polar surface area (TPSA) is 52.6 Å². The van der Waals surface area contributed by atoms with Crippen LogP contribution in [0.3, 0.4) is 0 Å². The minimum absolute atomic E-state index is 0.0938. The average molecular weight is 324 g/mol. The molecule has 0 fully saturated rings. The van der Waals surface area contributed by atoms with Crippen LogP contribution in [0.4, 0.5) is 0 Å². The monoisotopic (exact) mass is 324 g/mol. The summed E-state index contributed by atoms with van der Waals surface area (Å²) in [4.78, 5) is 23.3. The molecule has 0 aliphatic heterocycles. The maximum absolute atomic E-state index is 11.9.